The van der Waals surface area contributed by atoms with E-state index in [1.165, 1.54) is 0 Å². The van der Waals surface area contributed by atoms with E-state index in [0.717, 1.165) is 30.2 Å². The van der Waals surface area contributed by atoms with E-state index >= 15 is 0 Å². The number of hydrogen-bond acceptors (Lipinski definition) is 4. The van der Waals surface area contributed by atoms with Crippen LogP contribution in [-0.4, -0.2) is 26.3 Å². The lowest BCUT2D eigenvalue weighted by atomic mass is 10.2. The summed E-state index contributed by atoms with van der Waals surface area (Å²) in [6.45, 7) is 3.44. The Morgan fingerprint density at radius 3 is 3.00 bits per heavy atom. The summed E-state index contributed by atoms with van der Waals surface area (Å²) in [7, 11) is 0. The molecule has 6 heteroatoms. The van der Waals surface area contributed by atoms with E-state index in [9.17, 15) is 0 Å². The lowest BCUT2D eigenvalue weighted by Crippen LogP contribution is -2.14. The largest absolute Gasteiger partial charge is 0.389 e. The van der Waals surface area contributed by atoms with Gasteiger partial charge in [0.15, 0.2) is 0 Å². The lowest BCUT2D eigenvalue weighted by Gasteiger charge is -2.08. The highest BCUT2D eigenvalue weighted by Gasteiger charge is 2.02. The Morgan fingerprint density at radius 1 is 1.50 bits per heavy atom. The van der Waals surface area contributed by atoms with Gasteiger partial charge in [0, 0.05) is 30.2 Å². The number of pyridine rings is 1. The quantitative estimate of drug-likeness (QED) is 0.795. The standard InChI is InChI=1S/C12H15N5S/c1-9-7-10(12(13)18)8-11(16-9)14-4-6-17-5-2-3-15-17/h2-3,5,7-8H,4,6H2,1H3,(H2,13,18)(H,14,16). The first-order valence-electron chi connectivity index (χ1n) is 5.65. The zero-order valence-corrected chi connectivity index (χ0v) is 10.9. The smallest absolute Gasteiger partial charge is 0.126 e. The van der Waals surface area contributed by atoms with Crippen LogP contribution in [0.2, 0.25) is 0 Å². The number of aromatic nitrogens is 3. The van der Waals surface area contributed by atoms with Gasteiger partial charge in [-0.2, -0.15) is 5.10 Å². The average Bonchev–Trinajstić information content (AvgIpc) is 2.81. The Labute approximate surface area is 111 Å². The third-order valence-electron chi connectivity index (χ3n) is 2.44. The normalized spacial score (nSPS) is 10.3. The molecule has 2 aromatic rings. The van der Waals surface area contributed by atoms with Crippen LogP contribution in [0, 0.1) is 6.92 Å². The highest BCUT2D eigenvalue weighted by atomic mass is 32.1. The number of nitrogens with two attached hydrogens (primary N) is 1. The molecule has 0 aliphatic carbocycles. The Kier molecular flexibility index (Phi) is 3.88. The lowest BCUT2D eigenvalue weighted by molar-refractivity contribution is 0.637. The van der Waals surface area contributed by atoms with Gasteiger partial charge in [0.05, 0.1) is 6.54 Å². The molecule has 0 saturated heterocycles. The molecule has 3 N–H and O–H groups in total. The van der Waals surface area contributed by atoms with Gasteiger partial charge in [-0.05, 0) is 25.1 Å². The number of rotatable bonds is 5. The molecule has 0 aliphatic rings. The van der Waals surface area contributed by atoms with Crippen molar-refractivity contribution in [3.63, 3.8) is 0 Å². The Balaban J connectivity index is 1.98. The maximum absolute atomic E-state index is 5.62. The van der Waals surface area contributed by atoms with Crippen molar-refractivity contribution in [2.75, 3.05) is 11.9 Å². The van der Waals surface area contributed by atoms with Crippen molar-refractivity contribution in [1.82, 2.24) is 14.8 Å². The molecule has 0 spiro atoms. The minimum atomic E-state index is 0.385. The molecule has 18 heavy (non-hydrogen) atoms. The van der Waals surface area contributed by atoms with Gasteiger partial charge in [0.2, 0.25) is 0 Å². The highest BCUT2D eigenvalue weighted by molar-refractivity contribution is 7.80. The molecule has 0 amide bonds. The first-order chi connectivity index (χ1) is 8.65. The number of aryl methyl sites for hydroxylation is 1. The first-order valence-corrected chi connectivity index (χ1v) is 6.06. The topological polar surface area (TPSA) is 68.8 Å². The molecule has 0 saturated carbocycles. The third-order valence-corrected chi connectivity index (χ3v) is 2.68. The predicted molar refractivity (Wildman–Crippen MR) is 75.6 cm³/mol. The number of thiocarbonyl (C=S) groups is 1. The maximum Gasteiger partial charge on any atom is 0.126 e. The Hall–Kier alpha value is -1.95. The van der Waals surface area contributed by atoms with Crippen molar-refractivity contribution in [1.29, 1.82) is 0 Å². The third kappa shape index (κ3) is 3.27. The molecule has 5 nitrogen and oxygen atoms in total. The Morgan fingerprint density at radius 2 is 2.33 bits per heavy atom. The molecule has 0 bridgehead atoms. The maximum atomic E-state index is 5.62. The number of anilines is 1. The van der Waals surface area contributed by atoms with Crippen LogP contribution >= 0.6 is 12.2 Å². The minimum absolute atomic E-state index is 0.385. The summed E-state index contributed by atoms with van der Waals surface area (Å²) in [5.41, 5.74) is 7.34. The summed E-state index contributed by atoms with van der Waals surface area (Å²) in [5.74, 6) is 0.782. The van der Waals surface area contributed by atoms with E-state index in [-0.39, 0.29) is 0 Å². The highest BCUT2D eigenvalue weighted by Crippen LogP contribution is 2.09. The van der Waals surface area contributed by atoms with Crippen LogP contribution in [-0.2, 0) is 6.54 Å². The minimum Gasteiger partial charge on any atom is -0.389 e. The van der Waals surface area contributed by atoms with Gasteiger partial charge in [-0.15, -0.1) is 0 Å². The molecule has 0 fully saturated rings. The van der Waals surface area contributed by atoms with Gasteiger partial charge in [-0.3, -0.25) is 4.68 Å². The van der Waals surface area contributed by atoms with E-state index < -0.39 is 0 Å². The molecule has 0 aliphatic heterocycles. The number of nitrogens with zero attached hydrogens (tertiary/aromatic N) is 3. The van der Waals surface area contributed by atoms with Gasteiger partial charge in [-0.1, -0.05) is 12.2 Å². The second kappa shape index (κ2) is 5.59. The predicted octanol–water partition coefficient (Wildman–Crippen LogP) is 1.33. The fourth-order valence-electron chi connectivity index (χ4n) is 1.63. The van der Waals surface area contributed by atoms with Gasteiger partial charge in [0.25, 0.3) is 0 Å². The summed E-state index contributed by atoms with van der Waals surface area (Å²) in [6.07, 6.45) is 3.68. The molecular weight excluding hydrogens is 246 g/mol. The Bertz CT molecular complexity index is 535. The van der Waals surface area contributed by atoms with Crippen LogP contribution in [0.15, 0.2) is 30.6 Å². The molecule has 94 valence electrons. The summed E-state index contributed by atoms with van der Waals surface area (Å²) < 4.78 is 1.86. The summed E-state index contributed by atoms with van der Waals surface area (Å²) in [4.78, 5) is 4.76. The van der Waals surface area contributed by atoms with E-state index in [4.69, 9.17) is 18.0 Å². The van der Waals surface area contributed by atoms with Gasteiger partial charge in [0.1, 0.15) is 10.8 Å². The fraction of sp³-hybridized carbons (Fsp3) is 0.250. The second-order valence-corrected chi connectivity index (χ2v) is 4.38. The van der Waals surface area contributed by atoms with Crippen LogP contribution in [0.3, 0.4) is 0 Å². The molecule has 0 unspecified atom stereocenters. The van der Waals surface area contributed by atoms with Crippen molar-refractivity contribution >= 4 is 23.0 Å². The van der Waals surface area contributed by atoms with Gasteiger partial charge in [-0.25, -0.2) is 4.98 Å². The van der Waals surface area contributed by atoms with E-state index in [0.29, 0.717) is 4.99 Å². The van der Waals surface area contributed by atoms with Crippen molar-refractivity contribution < 1.29 is 0 Å². The molecular formula is C12H15N5S. The molecule has 2 heterocycles. The number of hydrogen-bond donors (Lipinski definition) is 2. The van der Waals surface area contributed by atoms with E-state index in [1.54, 1.807) is 6.20 Å². The van der Waals surface area contributed by atoms with Crippen molar-refractivity contribution in [2.24, 2.45) is 5.73 Å². The van der Waals surface area contributed by atoms with Crippen molar-refractivity contribution in [2.45, 2.75) is 13.5 Å². The van der Waals surface area contributed by atoms with Crippen LogP contribution in [0.5, 0.6) is 0 Å². The zero-order chi connectivity index (χ0) is 13.0. The van der Waals surface area contributed by atoms with Crippen molar-refractivity contribution in [3.8, 4) is 0 Å². The van der Waals surface area contributed by atoms with Crippen molar-refractivity contribution in [3.05, 3.63) is 41.9 Å². The van der Waals surface area contributed by atoms with Crippen LogP contribution in [0.1, 0.15) is 11.3 Å². The average molecular weight is 261 g/mol. The van der Waals surface area contributed by atoms with E-state index in [2.05, 4.69) is 15.4 Å². The number of nitrogens with one attached hydrogen (secondary N) is 1. The molecule has 0 aromatic carbocycles. The van der Waals surface area contributed by atoms with Crippen LogP contribution in [0.4, 0.5) is 5.82 Å². The second-order valence-electron chi connectivity index (χ2n) is 3.94. The monoisotopic (exact) mass is 261 g/mol. The summed E-state index contributed by atoms with van der Waals surface area (Å²) in [5, 5.41) is 7.36. The first kappa shape index (κ1) is 12.5. The molecule has 0 radical (unpaired) electrons. The van der Waals surface area contributed by atoms with E-state index in [1.807, 2.05) is 36.0 Å². The SMILES string of the molecule is Cc1cc(C(N)=S)cc(NCCn2cccn2)n1. The summed E-state index contributed by atoms with van der Waals surface area (Å²) in [6, 6.07) is 5.63. The molecule has 2 aromatic heterocycles. The van der Waals surface area contributed by atoms with Gasteiger partial charge >= 0.3 is 0 Å². The van der Waals surface area contributed by atoms with Gasteiger partial charge < -0.3 is 11.1 Å². The molecule has 2 rings (SSSR count). The summed E-state index contributed by atoms with van der Waals surface area (Å²) >= 11 is 4.97. The molecule has 0 atom stereocenters. The van der Waals surface area contributed by atoms with Crippen LogP contribution < -0.4 is 11.1 Å². The zero-order valence-electron chi connectivity index (χ0n) is 10.1. The van der Waals surface area contributed by atoms with Crippen LogP contribution in [0.25, 0.3) is 0 Å². The fourth-order valence-corrected chi connectivity index (χ4v) is 1.75.